The summed E-state index contributed by atoms with van der Waals surface area (Å²) in [6, 6.07) is 0. The average Bonchev–Trinajstić information content (AvgIpc) is 2.85. The molecule has 1 N–H and O–H groups in total. The molecule has 1 aliphatic rings. The van der Waals surface area contributed by atoms with Gasteiger partial charge in [0.05, 0.1) is 19.5 Å². The molecule has 0 unspecified atom stereocenters. The molecular weight excluding hydrogens is 236 g/mol. The van der Waals surface area contributed by atoms with Gasteiger partial charge in [-0.2, -0.15) is 0 Å². The Kier molecular flexibility index (Phi) is 3.88. The number of morpholine rings is 1. The van der Waals surface area contributed by atoms with Crippen LogP contribution >= 0.6 is 0 Å². The number of H-pyrrole nitrogens is 1. The summed E-state index contributed by atoms with van der Waals surface area (Å²) < 4.78 is 5.21. The molecule has 1 fully saturated rings. The van der Waals surface area contributed by atoms with Crippen molar-refractivity contribution >= 4 is 11.7 Å². The second kappa shape index (κ2) is 5.58. The minimum absolute atomic E-state index is 0.122. The third-order valence-corrected chi connectivity index (χ3v) is 2.45. The number of imidazole rings is 1. The van der Waals surface area contributed by atoms with Gasteiger partial charge in [-0.1, -0.05) is 5.22 Å². The SMILES string of the molecule is CN(C)/N=N/c1nc[nH]c1C(=O)N1CCOCC1. The predicted molar refractivity (Wildman–Crippen MR) is 63.5 cm³/mol. The number of aromatic nitrogens is 2. The zero-order valence-corrected chi connectivity index (χ0v) is 10.5. The van der Waals surface area contributed by atoms with Gasteiger partial charge in [0.1, 0.15) is 0 Å². The van der Waals surface area contributed by atoms with E-state index in [0.717, 1.165) is 0 Å². The van der Waals surface area contributed by atoms with E-state index in [1.54, 1.807) is 19.0 Å². The van der Waals surface area contributed by atoms with Crippen molar-refractivity contribution in [2.45, 2.75) is 0 Å². The van der Waals surface area contributed by atoms with Gasteiger partial charge in [-0.25, -0.2) is 4.98 Å². The van der Waals surface area contributed by atoms with Crippen LogP contribution in [-0.4, -0.2) is 66.2 Å². The van der Waals surface area contributed by atoms with Crippen molar-refractivity contribution in [3.8, 4) is 0 Å². The first kappa shape index (κ1) is 12.5. The maximum Gasteiger partial charge on any atom is 0.274 e. The van der Waals surface area contributed by atoms with Crippen LogP contribution < -0.4 is 0 Å². The van der Waals surface area contributed by atoms with Crippen LogP contribution in [0.3, 0.4) is 0 Å². The molecule has 1 aromatic heterocycles. The molecule has 8 nitrogen and oxygen atoms in total. The van der Waals surface area contributed by atoms with Crippen LogP contribution in [0, 0.1) is 0 Å². The molecule has 0 radical (unpaired) electrons. The molecule has 0 aromatic carbocycles. The predicted octanol–water partition coefficient (Wildman–Crippen LogP) is 0.442. The van der Waals surface area contributed by atoms with Gasteiger partial charge in [0.25, 0.3) is 5.91 Å². The monoisotopic (exact) mass is 252 g/mol. The molecule has 0 atom stereocenters. The molecule has 0 saturated carbocycles. The van der Waals surface area contributed by atoms with Gasteiger partial charge in [0.2, 0.25) is 5.82 Å². The summed E-state index contributed by atoms with van der Waals surface area (Å²) in [4.78, 5) is 20.7. The largest absolute Gasteiger partial charge is 0.378 e. The number of rotatable bonds is 3. The van der Waals surface area contributed by atoms with Crippen LogP contribution in [0.4, 0.5) is 5.82 Å². The van der Waals surface area contributed by atoms with E-state index in [1.807, 2.05) is 0 Å². The molecule has 1 saturated heterocycles. The van der Waals surface area contributed by atoms with Crippen molar-refractivity contribution < 1.29 is 9.53 Å². The van der Waals surface area contributed by atoms with Crippen molar-refractivity contribution in [2.75, 3.05) is 40.4 Å². The Labute approximate surface area is 105 Å². The van der Waals surface area contributed by atoms with Crippen LogP contribution in [0.2, 0.25) is 0 Å². The van der Waals surface area contributed by atoms with Crippen molar-refractivity contribution in [3.63, 3.8) is 0 Å². The van der Waals surface area contributed by atoms with Gasteiger partial charge in [-0.3, -0.25) is 9.80 Å². The highest BCUT2D eigenvalue weighted by Crippen LogP contribution is 2.17. The van der Waals surface area contributed by atoms with E-state index < -0.39 is 0 Å². The summed E-state index contributed by atoms with van der Waals surface area (Å²) in [5.41, 5.74) is 0.363. The van der Waals surface area contributed by atoms with E-state index in [0.29, 0.717) is 37.8 Å². The fourth-order valence-electron chi connectivity index (χ4n) is 1.58. The number of nitrogens with one attached hydrogen (secondary N) is 1. The van der Waals surface area contributed by atoms with Crippen LogP contribution in [0.15, 0.2) is 16.7 Å². The Hall–Kier alpha value is -1.96. The molecule has 1 aromatic rings. The molecule has 0 bridgehead atoms. The summed E-state index contributed by atoms with van der Waals surface area (Å²) in [5.74, 6) is 0.184. The maximum absolute atomic E-state index is 12.2. The normalized spacial score (nSPS) is 16.2. The van der Waals surface area contributed by atoms with E-state index in [9.17, 15) is 4.79 Å². The number of hydrogen-bond acceptors (Lipinski definition) is 5. The Morgan fingerprint density at radius 3 is 2.89 bits per heavy atom. The number of amides is 1. The van der Waals surface area contributed by atoms with Crippen LogP contribution in [-0.2, 0) is 4.74 Å². The Morgan fingerprint density at radius 2 is 2.22 bits per heavy atom. The third kappa shape index (κ3) is 2.83. The molecule has 18 heavy (non-hydrogen) atoms. The number of carbonyl (C=O) groups is 1. The zero-order valence-electron chi connectivity index (χ0n) is 10.5. The highest BCUT2D eigenvalue weighted by Gasteiger charge is 2.22. The molecule has 1 amide bonds. The summed E-state index contributed by atoms with van der Waals surface area (Å²) in [7, 11) is 3.50. The second-order valence-electron chi connectivity index (χ2n) is 4.04. The smallest absolute Gasteiger partial charge is 0.274 e. The number of aromatic amines is 1. The lowest BCUT2D eigenvalue weighted by molar-refractivity contribution is 0.0300. The topological polar surface area (TPSA) is 86.2 Å². The molecular formula is C10H16N6O2. The first-order chi connectivity index (χ1) is 8.68. The van der Waals surface area contributed by atoms with Crippen molar-refractivity contribution in [2.24, 2.45) is 10.3 Å². The van der Waals surface area contributed by atoms with Crippen molar-refractivity contribution in [3.05, 3.63) is 12.0 Å². The van der Waals surface area contributed by atoms with E-state index in [2.05, 4.69) is 20.3 Å². The van der Waals surface area contributed by atoms with Crippen LogP contribution in [0.25, 0.3) is 0 Å². The average molecular weight is 252 g/mol. The highest BCUT2D eigenvalue weighted by atomic mass is 16.5. The van der Waals surface area contributed by atoms with Gasteiger partial charge in [-0.15, -0.1) is 5.11 Å². The molecule has 2 rings (SSSR count). The zero-order chi connectivity index (χ0) is 13.0. The molecule has 0 spiro atoms. The van der Waals surface area contributed by atoms with Crippen LogP contribution in [0.5, 0.6) is 0 Å². The number of hydrogen-bond donors (Lipinski definition) is 1. The highest BCUT2D eigenvalue weighted by molar-refractivity contribution is 5.96. The minimum atomic E-state index is -0.122. The van der Waals surface area contributed by atoms with Gasteiger partial charge < -0.3 is 14.6 Å². The van der Waals surface area contributed by atoms with Gasteiger partial charge in [-0.05, 0) is 0 Å². The fraction of sp³-hybridized carbons (Fsp3) is 0.600. The van der Waals surface area contributed by atoms with Crippen molar-refractivity contribution in [1.29, 1.82) is 0 Å². The molecule has 1 aliphatic heterocycles. The number of nitrogens with zero attached hydrogens (tertiary/aromatic N) is 5. The number of ether oxygens (including phenoxy) is 1. The summed E-state index contributed by atoms with van der Waals surface area (Å²) in [6.45, 7) is 2.30. The Balaban J connectivity index is 2.12. The second-order valence-corrected chi connectivity index (χ2v) is 4.04. The first-order valence-electron chi connectivity index (χ1n) is 5.68. The molecule has 8 heteroatoms. The van der Waals surface area contributed by atoms with Gasteiger partial charge in [0, 0.05) is 27.2 Å². The molecule has 0 aliphatic carbocycles. The van der Waals surface area contributed by atoms with E-state index in [4.69, 9.17) is 4.74 Å². The first-order valence-corrected chi connectivity index (χ1v) is 5.68. The lowest BCUT2D eigenvalue weighted by Gasteiger charge is -2.26. The Morgan fingerprint density at radius 1 is 1.50 bits per heavy atom. The minimum Gasteiger partial charge on any atom is -0.378 e. The van der Waals surface area contributed by atoms with Gasteiger partial charge >= 0.3 is 0 Å². The summed E-state index contributed by atoms with van der Waals surface area (Å²) in [6.07, 6.45) is 1.44. The molecule has 98 valence electrons. The maximum atomic E-state index is 12.2. The molecule has 2 heterocycles. The van der Waals surface area contributed by atoms with Crippen LogP contribution in [0.1, 0.15) is 10.5 Å². The summed E-state index contributed by atoms with van der Waals surface area (Å²) >= 11 is 0. The van der Waals surface area contributed by atoms with E-state index >= 15 is 0 Å². The van der Waals surface area contributed by atoms with E-state index in [1.165, 1.54) is 11.3 Å². The fourth-order valence-corrected chi connectivity index (χ4v) is 1.58. The lowest BCUT2D eigenvalue weighted by atomic mass is 10.3. The number of carbonyl (C=O) groups excluding carboxylic acids is 1. The van der Waals surface area contributed by atoms with Crippen molar-refractivity contribution in [1.82, 2.24) is 19.9 Å². The quantitative estimate of drug-likeness (QED) is 0.624. The Bertz CT molecular complexity index is 435. The van der Waals surface area contributed by atoms with E-state index in [-0.39, 0.29) is 5.91 Å². The van der Waals surface area contributed by atoms with Gasteiger partial charge in [0.15, 0.2) is 5.69 Å². The standard InChI is InChI=1S/C10H16N6O2/c1-15(2)14-13-9-8(11-7-12-9)10(17)16-3-5-18-6-4-16/h7H,3-6H2,1-2H3,(H,11,12)/b14-13+. The summed E-state index contributed by atoms with van der Waals surface area (Å²) in [5, 5.41) is 9.29. The third-order valence-electron chi connectivity index (χ3n) is 2.45. The lowest BCUT2D eigenvalue weighted by Crippen LogP contribution is -2.40.